The topological polar surface area (TPSA) is 267 Å². The lowest BCUT2D eigenvalue weighted by atomic mass is 9.78. The Kier molecular flexibility index (Phi) is 30.1. The molecule has 11 amide bonds. The summed E-state index contributed by atoms with van der Waals surface area (Å²) in [7, 11) is 7.20. The first-order valence-corrected chi connectivity index (χ1v) is 39.2. The van der Waals surface area contributed by atoms with Crippen molar-refractivity contribution in [2.75, 3.05) is 68.0 Å². The van der Waals surface area contributed by atoms with Gasteiger partial charge in [0.25, 0.3) is 0 Å². The highest BCUT2D eigenvalue weighted by molar-refractivity contribution is 14.1. The number of nitrogens with zero attached hydrogens (tertiary/aromatic N) is 8. The highest BCUT2D eigenvalue weighted by Gasteiger charge is 2.50. The number of likely N-dealkylation sites (N-methyl/N-ethyl adjacent to an activating group) is 5. The van der Waals surface area contributed by atoms with Crippen LogP contribution in [0.5, 0.6) is 0 Å². The summed E-state index contributed by atoms with van der Waals surface area (Å²) in [6.45, 7) is 11.7. The predicted octanol–water partition coefficient (Wildman–Crippen LogP) is 7.74. The zero-order valence-electron chi connectivity index (χ0n) is 63.6. The molecule has 4 aliphatic heterocycles. The molecule has 6 aliphatic rings. The molecule has 0 unspecified atom stereocenters. The number of ketones is 1. The summed E-state index contributed by atoms with van der Waals surface area (Å²) in [5.74, 6) is -12.3. The number of hydrogen-bond acceptors (Lipinski definition) is 12. The van der Waals surface area contributed by atoms with E-state index in [0.717, 1.165) is 26.9 Å². The molecule has 2 aromatic carbocycles. The van der Waals surface area contributed by atoms with Gasteiger partial charge in [-0.15, -0.1) is 0 Å². The van der Waals surface area contributed by atoms with Crippen LogP contribution in [-0.4, -0.2) is 238 Å². The Morgan fingerprint density at radius 3 is 1.81 bits per heavy atom. The first-order valence-electron chi connectivity index (χ1n) is 38.2. The average molecular weight is 1570 g/mol. The van der Waals surface area contributed by atoms with Gasteiger partial charge >= 0.3 is 0 Å². The van der Waals surface area contributed by atoms with Gasteiger partial charge in [-0.3, -0.25) is 57.5 Å². The van der Waals surface area contributed by atoms with Crippen molar-refractivity contribution in [3.63, 3.8) is 0 Å². The minimum atomic E-state index is -2.91. The summed E-state index contributed by atoms with van der Waals surface area (Å²) >= 11 is 2.13. The molecule has 2 saturated carbocycles. The summed E-state index contributed by atoms with van der Waals surface area (Å²) in [6, 6.07) is 5.30. The Morgan fingerprint density at radius 1 is 0.571 bits per heavy atom. The third-order valence-electron chi connectivity index (χ3n) is 22.5. The van der Waals surface area contributed by atoms with Crippen LogP contribution < -0.4 is 16.0 Å². The number of halogens is 3. The van der Waals surface area contributed by atoms with E-state index in [1.54, 1.807) is 35.2 Å². The van der Waals surface area contributed by atoms with Gasteiger partial charge in [-0.1, -0.05) is 88.2 Å². The van der Waals surface area contributed by atoms with Gasteiger partial charge in [0.2, 0.25) is 70.9 Å². The van der Waals surface area contributed by atoms with Gasteiger partial charge in [0.15, 0.2) is 5.78 Å². The first-order chi connectivity index (χ1) is 49.7. The van der Waals surface area contributed by atoms with E-state index >= 15 is 52.7 Å². The number of rotatable bonds is 14. The molecule has 0 radical (unpaired) electrons. The fourth-order valence-corrected chi connectivity index (χ4v) is 16.4. The number of amides is 11. The van der Waals surface area contributed by atoms with Crippen LogP contribution in [0.15, 0.2) is 66.2 Å². The lowest BCUT2D eigenvalue weighted by molar-refractivity contribution is -0.162. The molecule has 6 fully saturated rings. The van der Waals surface area contributed by atoms with E-state index < -0.39 is 175 Å². The van der Waals surface area contributed by atoms with Crippen LogP contribution in [-0.2, 0) is 70.4 Å². The molecule has 2 aliphatic carbocycles. The molecule has 4 saturated heterocycles. The zero-order valence-corrected chi connectivity index (χ0v) is 65.7. The molecule has 0 spiro atoms. The molecule has 578 valence electrons. The molecular weight excluding hydrogens is 1460 g/mol. The van der Waals surface area contributed by atoms with Crippen LogP contribution in [0.3, 0.4) is 0 Å². The predicted molar refractivity (Wildman–Crippen MR) is 402 cm³/mol. The SMILES string of the molecule is CC(C)=CC[C@@H]1NC(=O)[C@H](Cc2cccc(I)c2)NC(=O)CN(C)C(=O)[C@H](CC2CCC(F)(F)CC2)N(C)C(=O)[C@@H]2CCN2C(=O)[C@@H]2CCCCN2C(=O)[C@H](C2CCC2)NC(=O)[C@H](CC(C)C)N(C)C(=O)C[C@@H](C(=O)N2CCCCC2)N(C)C(=O)[C@@H](CC(C)C)CC(=O)[C@@H](Cc2ccccc2)N(C)C1=O. The fraction of sp³-hybridized carbons (Fsp3) is 0.671. The maximum absolute atomic E-state index is 15.6. The van der Waals surface area contributed by atoms with Crippen molar-refractivity contribution in [1.82, 2.24) is 55.1 Å². The summed E-state index contributed by atoms with van der Waals surface area (Å²) in [5.41, 5.74) is 2.13. The van der Waals surface area contributed by atoms with E-state index in [4.69, 9.17) is 0 Å². The maximum Gasteiger partial charge on any atom is 0.248 e. The Balaban J connectivity index is 1.21. The van der Waals surface area contributed by atoms with Gasteiger partial charge in [-0.05, 0) is 186 Å². The molecule has 105 heavy (non-hydrogen) atoms. The van der Waals surface area contributed by atoms with Gasteiger partial charge < -0.3 is 55.1 Å². The van der Waals surface area contributed by atoms with Crippen molar-refractivity contribution in [3.05, 3.63) is 80.9 Å². The van der Waals surface area contributed by atoms with E-state index in [1.807, 2.05) is 71.9 Å². The lowest BCUT2D eigenvalue weighted by Crippen LogP contribution is -2.66. The van der Waals surface area contributed by atoms with Crippen LogP contribution in [0.1, 0.15) is 181 Å². The number of allylic oxidation sites excluding steroid dienone is 1. The Bertz CT molecular complexity index is 3460. The maximum atomic E-state index is 15.6. The van der Waals surface area contributed by atoms with Crippen molar-refractivity contribution >= 4 is 93.4 Å². The van der Waals surface area contributed by atoms with Gasteiger partial charge in [-0.2, -0.15) is 0 Å². The molecule has 4 heterocycles. The van der Waals surface area contributed by atoms with E-state index in [0.29, 0.717) is 62.7 Å². The van der Waals surface area contributed by atoms with Crippen LogP contribution in [0, 0.1) is 33.2 Å². The van der Waals surface area contributed by atoms with Crippen LogP contribution >= 0.6 is 22.6 Å². The molecule has 8 rings (SSSR count). The molecule has 0 aromatic heterocycles. The Morgan fingerprint density at radius 2 is 1.20 bits per heavy atom. The standard InChI is InChI=1S/C79H114F2IN11O12/c1-49(2)29-30-58-73(100)88(9)62(44-52-22-14-12-15-23-52)66(94)46-56(40-50(3)4)72(99)89(10)65(76(103)91-36-17-13-18-37-91)47-68(96)87(8)63(41-51(5)6)71(98)85-69(55-25-21-26-55)78(105)92-38-19-16-28-60(92)77(104)93-39-33-61(93)75(102)90(11)64(45-53-31-34-79(80,81)35-32-53)74(101)86(7)48-67(95)83-59(70(97)84-58)43-54-24-20-27-57(82)42-54/h12,14-15,20,22-24,27,29,42,50-51,53,55-56,58-65,69H,13,16-19,21,25-26,28,30-41,43-48H2,1-11H3,(H,83,95)(H,84,97)(H,85,98)/t56-,58-,59-,60-,61-,62+,63-,64-,65-,69-/m0/s1. The molecule has 3 N–H and O–H groups in total. The van der Waals surface area contributed by atoms with Crippen molar-refractivity contribution in [2.45, 2.75) is 243 Å². The summed E-state index contributed by atoms with van der Waals surface area (Å²) in [4.78, 5) is 193. The number of fused-ring (bicyclic) bond motifs is 2. The first kappa shape index (κ1) is 83.3. The van der Waals surface area contributed by atoms with Crippen molar-refractivity contribution in [1.29, 1.82) is 0 Å². The van der Waals surface area contributed by atoms with Gasteiger partial charge in [0, 0.05) is 96.6 Å². The summed E-state index contributed by atoms with van der Waals surface area (Å²) < 4.78 is 30.3. The highest BCUT2D eigenvalue weighted by atomic mass is 127. The normalized spacial score (nSPS) is 27.4. The van der Waals surface area contributed by atoms with E-state index in [2.05, 4.69) is 38.5 Å². The fourth-order valence-electron chi connectivity index (χ4n) is 15.8. The number of Topliss-reactive ketones (excluding diaryl/α,β-unsaturated/α-hetero) is 1. The number of carbonyl (C=O) groups excluding carboxylic acids is 12. The average Bonchev–Trinajstić information content (AvgIpc) is 0.780. The van der Waals surface area contributed by atoms with Crippen LogP contribution in [0.4, 0.5) is 8.78 Å². The molecule has 0 bridgehead atoms. The summed E-state index contributed by atoms with van der Waals surface area (Å²) in [5, 5.41) is 8.81. The second-order valence-electron chi connectivity index (χ2n) is 31.6. The van der Waals surface area contributed by atoms with Crippen molar-refractivity contribution in [3.8, 4) is 0 Å². The van der Waals surface area contributed by atoms with Gasteiger partial charge in [0.1, 0.15) is 48.3 Å². The second-order valence-corrected chi connectivity index (χ2v) is 32.9. The monoisotopic (exact) mass is 1570 g/mol. The Labute approximate surface area is 632 Å². The minimum Gasteiger partial charge on any atom is -0.342 e. The number of nitrogens with one attached hydrogen (secondary N) is 3. The number of benzene rings is 2. The van der Waals surface area contributed by atoms with Crippen LogP contribution in [0.25, 0.3) is 0 Å². The largest absolute Gasteiger partial charge is 0.342 e. The minimum absolute atomic E-state index is 0.00230. The Hall–Kier alpha value is -7.39. The molecule has 10 atom stereocenters. The zero-order chi connectivity index (χ0) is 76.7. The van der Waals surface area contributed by atoms with Gasteiger partial charge in [-0.25, -0.2) is 8.78 Å². The number of likely N-dealkylation sites (tertiary alicyclic amines) is 1. The molecular formula is C79H114F2IN11O12. The summed E-state index contributed by atoms with van der Waals surface area (Å²) in [6.07, 6.45) is 6.10. The highest BCUT2D eigenvalue weighted by Crippen LogP contribution is 2.40. The molecule has 2 aromatic rings. The third kappa shape index (κ3) is 22.1. The lowest BCUT2D eigenvalue weighted by Gasteiger charge is -2.47. The molecule has 23 nitrogen and oxygen atoms in total. The number of hydrogen-bond donors (Lipinski definition) is 3. The number of carbonyl (C=O) groups is 12. The van der Waals surface area contributed by atoms with E-state index in [-0.39, 0.29) is 95.1 Å². The van der Waals surface area contributed by atoms with Gasteiger partial charge in [0.05, 0.1) is 19.0 Å². The molecule has 26 heteroatoms. The van der Waals surface area contributed by atoms with Crippen LogP contribution in [0.2, 0.25) is 0 Å². The van der Waals surface area contributed by atoms with Crippen molar-refractivity contribution in [2.24, 2.45) is 29.6 Å². The van der Waals surface area contributed by atoms with E-state index in [1.165, 1.54) is 64.6 Å². The second kappa shape index (κ2) is 37.9. The van der Waals surface area contributed by atoms with Crippen molar-refractivity contribution < 1.29 is 66.3 Å². The van der Waals surface area contributed by atoms with E-state index in [9.17, 15) is 13.6 Å². The third-order valence-corrected chi connectivity index (χ3v) is 23.1. The smallest absolute Gasteiger partial charge is 0.248 e. The number of alkyl halides is 2. The quantitative estimate of drug-likeness (QED) is 0.121. The number of piperidine rings is 2.